The van der Waals surface area contributed by atoms with Crippen LogP contribution in [0.1, 0.15) is 31.7 Å². The smallest absolute Gasteiger partial charge is 0.249 e. The van der Waals surface area contributed by atoms with Crippen LogP contribution in [0.2, 0.25) is 0 Å². The van der Waals surface area contributed by atoms with Crippen LogP contribution < -0.4 is 4.72 Å². The summed E-state index contributed by atoms with van der Waals surface area (Å²) in [5.74, 6) is 0.331. The number of halogens is 1. The predicted octanol–water partition coefficient (Wildman–Crippen LogP) is 2.77. The minimum Gasteiger partial charge on any atom is -0.249 e. The molecule has 1 atom stereocenters. The van der Waals surface area contributed by atoms with E-state index in [4.69, 9.17) is 11.6 Å². The van der Waals surface area contributed by atoms with Crippen LogP contribution in [0.5, 0.6) is 0 Å². The van der Waals surface area contributed by atoms with Gasteiger partial charge in [0.05, 0.1) is 11.2 Å². The Bertz CT molecular complexity index is 469. The van der Waals surface area contributed by atoms with Crippen LogP contribution in [0, 0.1) is 12.8 Å². The van der Waals surface area contributed by atoms with Crippen molar-refractivity contribution in [2.45, 2.75) is 43.2 Å². The Morgan fingerprint density at radius 3 is 2.50 bits per heavy atom. The molecule has 1 unspecified atom stereocenters. The van der Waals surface area contributed by atoms with Crippen LogP contribution in [-0.4, -0.2) is 25.3 Å². The summed E-state index contributed by atoms with van der Waals surface area (Å²) in [4.78, 5) is 3.94. The van der Waals surface area contributed by atoms with E-state index < -0.39 is 10.0 Å². The van der Waals surface area contributed by atoms with Crippen LogP contribution in [-0.2, 0) is 10.0 Å². The molecule has 7 heteroatoms. The number of rotatable bonds is 7. The molecule has 104 valence electrons. The van der Waals surface area contributed by atoms with E-state index in [-0.39, 0.29) is 16.1 Å². The molecule has 1 N–H and O–H groups in total. The molecule has 4 nitrogen and oxygen atoms in total. The first-order valence-electron chi connectivity index (χ1n) is 5.96. The normalized spacial score (nSPS) is 14.1. The molecule has 18 heavy (non-hydrogen) atoms. The molecule has 0 spiro atoms. The Kier molecular flexibility index (Phi) is 6.04. The molecule has 0 aliphatic heterocycles. The van der Waals surface area contributed by atoms with Crippen molar-refractivity contribution < 1.29 is 8.42 Å². The molecule has 1 heterocycles. The maximum Gasteiger partial charge on any atom is 0.251 e. The van der Waals surface area contributed by atoms with Crippen LogP contribution in [0.25, 0.3) is 0 Å². The molecule has 1 aromatic heterocycles. The van der Waals surface area contributed by atoms with Crippen LogP contribution in [0.15, 0.2) is 10.4 Å². The van der Waals surface area contributed by atoms with Crippen molar-refractivity contribution in [1.29, 1.82) is 0 Å². The van der Waals surface area contributed by atoms with Crippen molar-refractivity contribution in [3.63, 3.8) is 0 Å². The van der Waals surface area contributed by atoms with Gasteiger partial charge in [0.1, 0.15) is 0 Å². The summed E-state index contributed by atoms with van der Waals surface area (Å²) < 4.78 is 26.7. The highest BCUT2D eigenvalue weighted by atomic mass is 35.5. The van der Waals surface area contributed by atoms with Gasteiger partial charge < -0.3 is 0 Å². The second-order valence-corrected chi connectivity index (χ2v) is 7.93. The van der Waals surface area contributed by atoms with Gasteiger partial charge in [0.2, 0.25) is 0 Å². The van der Waals surface area contributed by atoms with Crippen LogP contribution in [0.4, 0.5) is 0 Å². The zero-order valence-corrected chi connectivity index (χ0v) is 13.2. The predicted molar refractivity (Wildman–Crippen MR) is 75.8 cm³/mol. The molecular weight excluding hydrogens is 292 g/mol. The Morgan fingerprint density at radius 1 is 1.44 bits per heavy atom. The Balaban J connectivity index is 2.62. The van der Waals surface area contributed by atoms with E-state index >= 15 is 0 Å². The van der Waals surface area contributed by atoms with Crippen molar-refractivity contribution in [2.75, 3.05) is 6.54 Å². The highest BCUT2D eigenvalue weighted by molar-refractivity contribution is 7.91. The molecule has 0 saturated carbocycles. The van der Waals surface area contributed by atoms with Crippen molar-refractivity contribution in [3.05, 3.63) is 11.2 Å². The standard InChI is InChI=1S/C11H19ClN2O2S2/c1-4-9(5-2)10(12)6-14-18(15,16)11-7-13-8(3)17-11/h7,9-10,14H,4-6H2,1-3H3. The van der Waals surface area contributed by atoms with Crippen molar-refractivity contribution in [2.24, 2.45) is 5.92 Å². The zero-order valence-electron chi connectivity index (χ0n) is 10.8. The van der Waals surface area contributed by atoms with E-state index in [2.05, 4.69) is 23.6 Å². The molecule has 0 saturated heterocycles. The van der Waals surface area contributed by atoms with E-state index in [0.717, 1.165) is 29.2 Å². The van der Waals surface area contributed by atoms with E-state index in [1.165, 1.54) is 6.20 Å². The number of thiazole rings is 1. The summed E-state index contributed by atoms with van der Waals surface area (Å²) in [7, 11) is -3.46. The monoisotopic (exact) mass is 310 g/mol. The summed E-state index contributed by atoms with van der Waals surface area (Å²) in [5, 5.41) is 0.557. The van der Waals surface area contributed by atoms with Gasteiger partial charge in [-0.15, -0.1) is 22.9 Å². The fourth-order valence-corrected chi connectivity index (χ4v) is 4.43. The fraction of sp³-hybridized carbons (Fsp3) is 0.727. The number of alkyl halides is 1. The quantitative estimate of drug-likeness (QED) is 0.788. The Labute approximate surface area is 118 Å². The van der Waals surface area contributed by atoms with Gasteiger partial charge in [0, 0.05) is 11.9 Å². The average Bonchev–Trinajstić information content (AvgIpc) is 2.76. The van der Waals surface area contributed by atoms with Crippen LogP contribution >= 0.6 is 22.9 Å². The highest BCUT2D eigenvalue weighted by Crippen LogP contribution is 2.20. The van der Waals surface area contributed by atoms with E-state index in [1.54, 1.807) is 6.92 Å². The molecule has 0 bridgehead atoms. The van der Waals surface area contributed by atoms with Gasteiger partial charge in [-0.3, -0.25) is 0 Å². The van der Waals surface area contributed by atoms with Gasteiger partial charge in [-0.05, 0) is 12.8 Å². The van der Waals surface area contributed by atoms with E-state index in [1.807, 2.05) is 0 Å². The fourth-order valence-electron chi connectivity index (χ4n) is 1.69. The molecular formula is C11H19ClN2O2S2. The molecule has 0 aliphatic rings. The average molecular weight is 311 g/mol. The molecule has 0 aliphatic carbocycles. The summed E-state index contributed by atoms with van der Waals surface area (Å²) in [6, 6.07) is 0. The largest absolute Gasteiger partial charge is 0.251 e. The summed E-state index contributed by atoms with van der Waals surface area (Å²) in [6.45, 7) is 6.15. The number of hydrogen-bond donors (Lipinski definition) is 1. The topological polar surface area (TPSA) is 59.1 Å². The lowest BCUT2D eigenvalue weighted by molar-refractivity contribution is 0.460. The number of sulfonamides is 1. The highest BCUT2D eigenvalue weighted by Gasteiger charge is 2.21. The first-order chi connectivity index (χ1) is 8.40. The van der Waals surface area contributed by atoms with Gasteiger partial charge in [-0.2, -0.15) is 0 Å². The van der Waals surface area contributed by atoms with Crippen molar-refractivity contribution >= 4 is 33.0 Å². The lowest BCUT2D eigenvalue weighted by Gasteiger charge is -2.19. The van der Waals surface area contributed by atoms with Crippen molar-refractivity contribution in [1.82, 2.24) is 9.71 Å². The molecule has 1 rings (SSSR count). The molecule has 1 aromatic rings. The third-order valence-electron chi connectivity index (χ3n) is 2.89. The van der Waals surface area contributed by atoms with Gasteiger partial charge in [-0.1, -0.05) is 26.7 Å². The SMILES string of the molecule is CCC(CC)C(Cl)CNS(=O)(=O)c1cnc(C)s1. The first-order valence-corrected chi connectivity index (χ1v) is 8.70. The Hall–Kier alpha value is -0.170. The van der Waals surface area contributed by atoms with Gasteiger partial charge in [0.15, 0.2) is 4.21 Å². The number of aromatic nitrogens is 1. The maximum atomic E-state index is 11.9. The Morgan fingerprint density at radius 2 is 2.06 bits per heavy atom. The molecule has 0 amide bonds. The van der Waals surface area contributed by atoms with Gasteiger partial charge in [-0.25, -0.2) is 18.1 Å². The third kappa shape index (κ3) is 4.19. The van der Waals surface area contributed by atoms with E-state index in [9.17, 15) is 8.42 Å². The summed E-state index contributed by atoms with van der Waals surface area (Å²) in [5.41, 5.74) is 0. The summed E-state index contributed by atoms with van der Waals surface area (Å²) in [6.07, 6.45) is 3.28. The second-order valence-electron chi connectivity index (χ2n) is 4.14. The molecule has 0 fully saturated rings. The lowest BCUT2D eigenvalue weighted by Crippen LogP contribution is -2.32. The number of nitrogens with one attached hydrogen (secondary N) is 1. The molecule has 0 aromatic carbocycles. The van der Waals surface area contributed by atoms with Crippen molar-refractivity contribution in [3.8, 4) is 0 Å². The second kappa shape index (κ2) is 6.84. The number of hydrogen-bond acceptors (Lipinski definition) is 4. The minimum absolute atomic E-state index is 0.177. The van der Waals surface area contributed by atoms with Gasteiger partial charge in [0.25, 0.3) is 10.0 Å². The van der Waals surface area contributed by atoms with Crippen LogP contribution in [0.3, 0.4) is 0 Å². The van der Waals surface area contributed by atoms with Gasteiger partial charge >= 0.3 is 0 Å². The number of aryl methyl sites for hydroxylation is 1. The summed E-state index contributed by atoms with van der Waals surface area (Å²) >= 11 is 7.37. The zero-order chi connectivity index (χ0) is 13.8. The third-order valence-corrected chi connectivity index (χ3v) is 6.20. The first kappa shape index (κ1) is 15.9. The van der Waals surface area contributed by atoms with E-state index in [0.29, 0.717) is 5.92 Å². The molecule has 0 radical (unpaired) electrons. The number of nitrogens with zero attached hydrogens (tertiary/aromatic N) is 1. The lowest BCUT2D eigenvalue weighted by atomic mass is 9.99. The minimum atomic E-state index is -3.46. The maximum absolute atomic E-state index is 11.9.